The van der Waals surface area contributed by atoms with Gasteiger partial charge in [-0.1, -0.05) is 13.3 Å². The summed E-state index contributed by atoms with van der Waals surface area (Å²) in [6, 6.07) is 6.56. The van der Waals surface area contributed by atoms with Crippen LogP contribution < -0.4 is 5.73 Å². The van der Waals surface area contributed by atoms with E-state index in [1.54, 1.807) is 35.2 Å². The predicted octanol–water partition coefficient (Wildman–Crippen LogP) is 3.99. The molecule has 2 rings (SSSR count). The van der Waals surface area contributed by atoms with Gasteiger partial charge in [0, 0.05) is 16.3 Å². The van der Waals surface area contributed by atoms with Crippen LogP contribution in [0.1, 0.15) is 28.9 Å². The maximum Gasteiger partial charge on any atom is 0.123 e. The van der Waals surface area contributed by atoms with E-state index in [0.29, 0.717) is 6.54 Å². The van der Waals surface area contributed by atoms with Gasteiger partial charge in [-0.15, -0.1) is 23.1 Å². The third-order valence-electron chi connectivity index (χ3n) is 2.67. The monoisotopic (exact) mass is 296 g/mol. The second-order valence-electron chi connectivity index (χ2n) is 4.17. The zero-order valence-corrected chi connectivity index (χ0v) is 12.5. The van der Waals surface area contributed by atoms with Gasteiger partial charge < -0.3 is 5.73 Å². The van der Waals surface area contributed by atoms with Gasteiger partial charge in [0.25, 0.3) is 0 Å². The molecule has 0 amide bonds. The van der Waals surface area contributed by atoms with E-state index in [4.69, 9.17) is 5.73 Å². The van der Waals surface area contributed by atoms with E-state index in [9.17, 15) is 4.39 Å². The lowest BCUT2D eigenvalue weighted by atomic mass is 10.2. The van der Waals surface area contributed by atoms with Gasteiger partial charge in [-0.3, -0.25) is 0 Å². The molecule has 2 N–H and O–H groups in total. The van der Waals surface area contributed by atoms with E-state index in [1.165, 1.54) is 17.0 Å². The van der Waals surface area contributed by atoms with Crippen LogP contribution in [0.5, 0.6) is 0 Å². The standard InChI is InChI=1S/C14H17FN2S2/c1-2-3-12-13(8-16)19-14(17-12)9-18-11-6-4-10(15)5-7-11/h4-7H,2-3,8-9,16H2,1H3. The summed E-state index contributed by atoms with van der Waals surface area (Å²) in [5, 5.41) is 1.10. The van der Waals surface area contributed by atoms with Crippen LogP contribution in [0.25, 0.3) is 0 Å². The van der Waals surface area contributed by atoms with Crippen molar-refractivity contribution in [3.8, 4) is 0 Å². The van der Waals surface area contributed by atoms with Gasteiger partial charge in [-0.05, 0) is 30.7 Å². The van der Waals surface area contributed by atoms with Crippen molar-refractivity contribution < 1.29 is 4.39 Å². The normalized spacial score (nSPS) is 10.9. The Morgan fingerprint density at radius 2 is 2.05 bits per heavy atom. The topological polar surface area (TPSA) is 38.9 Å². The first-order valence-electron chi connectivity index (χ1n) is 6.28. The number of aromatic nitrogens is 1. The summed E-state index contributed by atoms with van der Waals surface area (Å²) in [4.78, 5) is 6.90. The average Bonchev–Trinajstić information content (AvgIpc) is 2.81. The Balaban J connectivity index is 2.01. The minimum Gasteiger partial charge on any atom is -0.326 e. The fourth-order valence-electron chi connectivity index (χ4n) is 1.77. The highest BCUT2D eigenvalue weighted by Gasteiger charge is 2.09. The highest BCUT2D eigenvalue weighted by molar-refractivity contribution is 7.98. The lowest BCUT2D eigenvalue weighted by Crippen LogP contribution is -1.97. The molecule has 1 aromatic heterocycles. The molecular formula is C14H17FN2S2. The van der Waals surface area contributed by atoms with Crippen LogP contribution in [0.3, 0.4) is 0 Å². The third kappa shape index (κ3) is 4.03. The molecule has 0 aliphatic heterocycles. The number of benzene rings is 1. The van der Waals surface area contributed by atoms with Crippen LogP contribution >= 0.6 is 23.1 Å². The molecule has 5 heteroatoms. The van der Waals surface area contributed by atoms with Crippen molar-refractivity contribution in [2.75, 3.05) is 0 Å². The van der Waals surface area contributed by atoms with Crippen molar-refractivity contribution >= 4 is 23.1 Å². The Labute approximate surface area is 121 Å². The van der Waals surface area contributed by atoms with Crippen LogP contribution in [0.4, 0.5) is 4.39 Å². The molecule has 19 heavy (non-hydrogen) atoms. The number of rotatable bonds is 6. The van der Waals surface area contributed by atoms with Crippen molar-refractivity contribution in [1.29, 1.82) is 0 Å². The molecule has 0 spiro atoms. The Kier molecular flexibility index (Phi) is 5.36. The molecule has 0 radical (unpaired) electrons. The first-order valence-corrected chi connectivity index (χ1v) is 8.09. The van der Waals surface area contributed by atoms with Gasteiger partial charge in [-0.2, -0.15) is 0 Å². The highest BCUT2D eigenvalue weighted by Crippen LogP contribution is 2.27. The molecule has 0 aliphatic rings. The van der Waals surface area contributed by atoms with E-state index in [-0.39, 0.29) is 5.82 Å². The number of aryl methyl sites for hydroxylation is 1. The van der Waals surface area contributed by atoms with Crippen molar-refractivity contribution in [2.24, 2.45) is 5.73 Å². The Bertz CT molecular complexity index is 523. The van der Waals surface area contributed by atoms with Crippen LogP contribution in [-0.2, 0) is 18.7 Å². The van der Waals surface area contributed by atoms with Crippen LogP contribution in [-0.4, -0.2) is 4.98 Å². The third-order valence-corrected chi connectivity index (χ3v) is 5.00. The highest BCUT2D eigenvalue weighted by atomic mass is 32.2. The largest absolute Gasteiger partial charge is 0.326 e. The van der Waals surface area contributed by atoms with E-state index < -0.39 is 0 Å². The first kappa shape index (κ1) is 14.5. The molecule has 0 atom stereocenters. The minimum atomic E-state index is -0.200. The lowest BCUT2D eigenvalue weighted by molar-refractivity contribution is 0.626. The van der Waals surface area contributed by atoms with E-state index in [2.05, 4.69) is 11.9 Å². The smallest absolute Gasteiger partial charge is 0.123 e. The molecule has 0 fully saturated rings. The second kappa shape index (κ2) is 7.03. The summed E-state index contributed by atoms with van der Waals surface area (Å²) in [7, 11) is 0. The molecule has 0 saturated heterocycles. The summed E-state index contributed by atoms with van der Waals surface area (Å²) in [6.45, 7) is 2.71. The first-order chi connectivity index (χ1) is 9.22. The summed E-state index contributed by atoms with van der Waals surface area (Å²) < 4.78 is 12.8. The molecule has 0 aliphatic carbocycles. The second-order valence-corrected chi connectivity index (χ2v) is 6.39. The summed E-state index contributed by atoms with van der Waals surface area (Å²) in [5.41, 5.74) is 6.88. The van der Waals surface area contributed by atoms with Crippen molar-refractivity contribution in [1.82, 2.24) is 4.98 Å². The van der Waals surface area contributed by atoms with Gasteiger partial charge in [0.05, 0.1) is 11.4 Å². The van der Waals surface area contributed by atoms with Gasteiger partial charge >= 0.3 is 0 Å². The van der Waals surface area contributed by atoms with E-state index in [1.807, 2.05) is 0 Å². The fraction of sp³-hybridized carbons (Fsp3) is 0.357. The van der Waals surface area contributed by atoms with Crippen molar-refractivity contribution in [2.45, 2.75) is 37.0 Å². The van der Waals surface area contributed by atoms with Gasteiger partial charge in [0.2, 0.25) is 0 Å². The van der Waals surface area contributed by atoms with E-state index >= 15 is 0 Å². The van der Waals surface area contributed by atoms with Crippen molar-refractivity contribution in [3.63, 3.8) is 0 Å². The molecular weight excluding hydrogens is 279 g/mol. The molecule has 0 saturated carbocycles. The maximum absolute atomic E-state index is 12.8. The number of thioether (sulfide) groups is 1. The summed E-state index contributed by atoms with van der Waals surface area (Å²) in [6.07, 6.45) is 2.07. The zero-order chi connectivity index (χ0) is 13.7. The van der Waals surface area contributed by atoms with Crippen LogP contribution in [0.15, 0.2) is 29.2 Å². The molecule has 102 valence electrons. The lowest BCUT2D eigenvalue weighted by Gasteiger charge is -1.98. The molecule has 0 bridgehead atoms. The fourth-order valence-corrected chi connectivity index (χ4v) is 3.65. The number of hydrogen-bond acceptors (Lipinski definition) is 4. The number of halogens is 1. The van der Waals surface area contributed by atoms with Crippen LogP contribution in [0.2, 0.25) is 0 Å². The Morgan fingerprint density at radius 1 is 1.32 bits per heavy atom. The summed E-state index contributed by atoms with van der Waals surface area (Å²) in [5.74, 6) is 0.613. The van der Waals surface area contributed by atoms with Crippen molar-refractivity contribution in [3.05, 3.63) is 45.7 Å². The molecule has 1 heterocycles. The number of nitrogens with zero attached hydrogens (tertiary/aromatic N) is 1. The minimum absolute atomic E-state index is 0.200. The molecule has 2 aromatic rings. The Morgan fingerprint density at radius 3 is 2.68 bits per heavy atom. The van der Waals surface area contributed by atoms with Gasteiger partial charge in [-0.25, -0.2) is 9.37 Å². The van der Waals surface area contributed by atoms with Gasteiger partial charge in [0.1, 0.15) is 10.8 Å². The van der Waals surface area contributed by atoms with Crippen LogP contribution in [0, 0.1) is 5.82 Å². The SMILES string of the molecule is CCCc1nc(CSc2ccc(F)cc2)sc1CN. The average molecular weight is 296 g/mol. The van der Waals surface area contributed by atoms with Gasteiger partial charge in [0.15, 0.2) is 0 Å². The number of nitrogens with two attached hydrogens (primary N) is 1. The summed E-state index contributed by atoms with van der Waals surface area (Å²) >= 11 is 3.36. The molecule has 0 unspecified atom stereocenters. The maximum atomic E-state index is 12.8. The molecule has 1 aromatic carbocycles. The quantitative estimate of drug-likeness (QED) is 0.819. The Hall–Kier alpha value is -0.910. The number of hydrogen-bond donors (Lipinski definition) is 1. The zero-order valence-electron chi connectivity index (χ0n) is 10.9. The predicted molar refractivity (Wildman–Crippen MR) is 80.0 cm³/mol. The van der Waals surface area contributed by atoms with E-state index in [0.717, 1.165) is 34.2 Å². The number of thiazole rings is 1. The molecule has 2 nitrogen and oxygen atoms in total.